The monoisotopic (exact) mass is 471 g/mol. The van der Waals surface area contributed by atoms with E-state index in [1.165, 1.54) is 6.92 Å². The van der Waals surface area contributed by atoms with Crippen LogP contribution in [0.5, 0.6) is 0 Å². The predicted octanol–water partition coefficient (Wildman–Crippen LogP) is 1.94. The number of amides is 1. The molecular formula is C26H33NO7. The van der Waals surface area contributed by atoms with Crippen LogP contribution in [0.2, 0.25) is 0 Å². The van der Waals surface area contributed by atoms with E-state index < -0.39 is 36.7 Å². The van der Waals surface area contributed by atoms with E-state index in [0.717, 1.165) is 11.1 Å². The van der Waals surface area contributed by atoms with Crippen LogP contribution in [0, 0.1) is 0 Å². The molecular weight excluding hydrogens is 438 g/mol. The number of rotatable bonds is 12. The average molecular weight is 472 g/mol. The lowest BCUT2D eigenvalue weighted by Crippen LogP contribution is -2.67. The van der Waals surface area contributed by atoms with E-state index in [1.807, 2.05) is 60.7 Å². The average Bonchev–Trinajstić information content (AvgIpc) is 2.84. The summed E-state index contributed by atoms with van der Waals surface area (Å²) in [6.45, 7) is 5.60. The van der Waals surface area contributed by atoms with Crippen LogP contribution in [0.15, 0.2) is 73.3 Å². The molecule has 0 aliphatic carbocycles. The van der Waals surface area contributed by atoms with Crippen molar-refractivity contribution >= 4 is 5.91 Å². The highest BCUT2D eigenvalue weighted by Crippen LogP contribution is 2.29. The van der Waals surface area contributed by atoms with Gasteiger partial charge in [-0.2, -0.15) is 0 Å². The molecule has 1 amide bonds. The van der Waals surface area contributed by atoms with Gasteiger partial charge in [0.2, 0.25) is 5.91 Å². The van der Waals surface area contributed by atoms with E-state index in [-0.39, 0.29) is 32.3 Å². The summed E-state index contributed by atoms with van der Waals surface area (Å²) in [7, 11) is 0. The van der Waals surface area contributed by atoms with Gasteiger partial charge in [0.1, 0.15) is 30.5 Å². The van der Waals surface area contributed by atoms with Crippen molar-refractivity contribution in [1.82, 2.24) is 5.32 Å². The Kier molecular flexibility index (Phi) is 10.2. The molecule has 2 aromatic carbocycles. The normalized spacial score (nSPS) is 25.4. The van der Waals surface area contributed by atoms with E-state index >= 15 is 0 Å². The van der Waals surface area contributed by atoms with E-state index in [2.05, 4.69) is 11.9 Å². The lowest BCUT2D eigenvalue weighted by Gasteiger charge is -2.46. The van der Waals surface area contributed by atoms with Crippen LogP contribution in [-0.4, -0.2) is 66.1 Å². The molecule has 0 bridgehead atoms. The highest BCUT2D eigenvalue weighted by molar-refractivity contribution is 5.73. The maximum atomic E-state index is 11.9. The minimum atomic E-state index is -1.42. The van der Waals surface area contributed by atoms with Crippen LogP contribution in [0.1, 0.15) is 18.1 Å². The zero-order valence-electron chi connectivity index (χ0n) is 19.3. The number of aliphatic hydroxyl groups excluding tert-OH is 2. The van der Waals surface area contributed by atoms with Gasteiger partial charge in [0, 0.05) is 6.92 Å². The molecule has 0 saturated carbocycles. The van der Waals surface area contributed by atoms with Crippen molar-refractivity contribution in [3.05, 3.63) is 84.4 Å². The van der Waals surface area contributed by atoms with E-state index in [4.69, 9.17) is 18.9 Å². The van der Waals surface area contributed by atoms with Crippen molar-refractivity contribution in [2.45, 2.75) is 56.9 Å². The smallest absolute Gasteiger partial charge is 0.217 e. The van der Waals surface area contributed by atoms with Crippen LogP contribution in [-0.2, 0) is 37.0 Å². The zero-order valence-corrected chi connectivity index (χ0v) is 19.3. The number of carbonyl (C=O) groups is 1. The quantitative estimate of drug-likeness (QED) is 0.321. The van der Waals surface area contributed by atoms with Crippen LogP contribution < -0.4 is 5.32 Å². The van der Waals surface area contributed by atoms with Crippen molar-refractivity contribution < 1.29 is 34.0 Å². The molecule has 0 radical (unpaired) electrons. The topological polar surface area (TPSA) is 106 Å². The first-order valence-corrected chi connectivity index (χ1v) is 11.3. The molecule has 2 aromatic rings. The van der Waals surface area contributed by atoms with E-state index in [0.29, 0.717) is 0 Å². The summed E-state index contributed by atoms with van der Waals surface area (Å²) in [5.41, 5.74) is 1.83. The number of benzene rings is 2. The van der Waals surface area contributed by atoms with E-state index in [1.54, 1.807) is 6.08 Å². The lowest BCUT2D eigenvalue weighted by molar-refractivity contribution is -0.288. The van der Waals surface area contributed by atoms with Gasteiger partial charge in [0.15, 0.2) is 6.29 Å². The van der Waals surface area contributed by atoms with Gasteiger partial charge >= 0.3 is 0 Å². The Labute approximate surface area is 200 Å². The van der Waals surface area contributed by atoms with Crippen LogP contribution in [0.25, 0.3) is 0 Å². The summed E-state index contributed by atoms with van der Waals surface area (Å²) in [5, 5.41) is 24.3. The van der Waals surface area contributed by atoms with Gasteiger partial charge in [-0.1, -0.05) is 66.7 Å². The van der Waals surface area contributed by atoms with Crippen LogP contribution in [0.4, 0.5) is 0 Å². The summed E-state index contributed by atoms with van der Waals surface area (Å²) < 4.78 is 23.6. The van der Waals surface area contributed by atoms with Gasteiger partial charge in [-0.15, -0.1) is 6.58 Å². The lowest BCUT2D eigenvalue weighted by atomic mass is 9.93. The summed E-state index contributed by atoms with van der Waals surface area (Å²) in [6.07, 6.45) is -3.54. The molecule has 1 saturated heterocycles. The minimum absolute atomic E-state index is 0.0508. The summed E-state index contributed by atoms with van der Waals surface area (Å²) in [4.78, 5) is 11.9. The molecule has 1 heterocycles. The van der Waals surface area contributed by atoms with Crippen molar-refractivity contribution in [3.63, 3.8) is 0 Å². The molecule has 184 valence electrons. The first-order valence-electron chi connectivity index (χ1n) is 11.3. The molecule has 3 rings (SSSR count). The van der Waals surface area contributed by atoms with Gasteiger partial charge < -0.3 is 34.5 Å². The predicted molar refractivity (Wildman–Crippen MR) is 126 cm³/mol. The molecule has 1 aliphatic rings. The summed E-state index contributed by atoms with van der Waals surface area (Å²) in [5.74, 6) is -0.351. The van der Waals surface area contributed by atoms with Gasteiger partial charge in [-0.3, -0.25) is 4.79 Å². The van der Waals surface area contributed by atoms with Gasteiger partial charge in [0.05, 0.1) is 26.4 Å². The van der Waals surface area contributed by atoms with Crippen LogP contribution in [0.3, 0.4) is 0 Å². The largest absolute Gasteiger partial charge is 0.388 e. The van der Waals surface area contributed by atoms with Crippen molar-refractivity contribution in [2.24, 2.45) is 0 Å². The first kappa shape index (κ1) is 26.0. The van der Waals surface area contributed by atoms with Gasteiger partial charge in [-0.05, 0) is 11.1 Å². The molecule has 0 spiro atoms. The molecule has 34 heavy (non-hydrogen) atoms. The molecule has 8 heteroatoms. The Balaban J connectivity index is 1.86. The number of hydrogen-bond acceptors (Lipinski definition) is 7. The molecule has 1 aliphatic heterocycles. The highest BCUT2D eigenvalue weighted by Gasteiger charge is 2.49. The number of aliphatic hydroxyl groups is 2. The first-order chi connectivity index (χ1) is 16.5. The van der Waals surface area contributed by atoms with Crippen molar-refractivity contribution in [2.75, 3.05) is 13.2 Å². The van der Waals surface area contributed by atoms with E-state index in [9.17, 15) is 15.0 Å². The highest BCUT2D eigenvalue weighted by atomic mass is 16.6. The maximum absolute atomic E-state index is 11.9. The Morgan fingerprint density at radius 2 is 1.62 bits per heavy atom. The number of hydrogen-bond donors (Lipinski definition) is 3. The molecule has 3 N–H and O–H groups in total. The summed E-state index contributed by atoms with van der Waals surface area (Å²) in [6, 6.07) is 18.2. The standard InChI is InChI=1S/C26H33NO7/c1-3-14-31-17-21(29)23-25(33-16-20-12-8-5-9-13-20)24(22(26(30)34-23)27-18(2)28)32-15-19-10-6-4-7-11-19/h3-13,21-26,29-30H,1,14-17H2,2H3,(H,27,28)/t21-,22+,23+,24+,25+,26-/m0/s1. The Morgan fingerprint density at radius 3 is 2.15 bits per heavy atom. The molecule has 0 unspecified atom stereocenters. The summed E-state index contributed by atoms with van der Waals surface area (Å²) >= 11 is 0. The zero-order chi connectivity index (χ0) is 24.3. The van der Waals surface area contributed by atoms with Gasteiger partial charge in [-0.25, -0.2) is 0 Å². The number of carbonyl (C=O) groups excluding carboxylic acids is 1. The van der Waals surface area contributed by atoms with Crippen molar-refractivity contribution in [3.8, 4) is 0 Å². The molecule has 0 aromatic heterocycles. The fourth-order valence-electron chi connectivity index (χ4n) is 3.86. The second kappa shape index (κ2) is 13.3. The number of ether oxygens (including phenoxy) is 4. The third kappa shape index (κ3) is 7.46. The van der Waals surface area contributed by atoms with Crippen LogP contribution >= 0.6 is 0 Å². The Bertz CT molecular complexity index is 879. The Morgan fingerprint density at radius 1 is 1.06 bits per heavy atom. The fourth-order valence-corrected chi connectivity index (χ4v) is 3.86. The Hall–Kier alpha value is -2.59. The molecule has 1 fully saturated rings. The second-order valence-corrected chi connectivity index (χ2v) is 8.13. The third-order valence-electron chi connectivity index (χ3n) is 5.45. The molecule has 6 atom stereocenters. The second-order valence-electron chi connectivity index (χ2n) is 8.13. The van der Waals surface area contributed by atoms with Crippen molar-refractivity contribution in [1.29, 1.82) is 0 Å². The SMILES string of the molecule is C=CCOC[C@H](O)[C@H]1O[C@H](O)[C@H](NC(C)=O)[C@@H](OCc2ccccc2)[C@@H]1OCc1ccccc1. The maximum Gasteiger partial charge on any atom is 0.217 e. The number of nitrogens with one attached hydrogen (secondary N) is 1. The molecule has 8 nitrogen and oxygen atoms in total. The third-order valence-corrected chi connectivity index (χ3v) is 5.45. The fraction of sp³-hybridized carbons (Fsp3) is 0.423. The van der Waals surface area contributed by atoms with Gasteiger partial charge in [0.25, 0.3) is 0 Å². The minimum Gasteiger partial charge on any atom is -0.388 e.